The summed E-state index contributed by atoms with van der Waals surface area (Å²) in [4.78, 5) is 1.08. The molecule has 102 valence electrons. The molecule has 0 aliphatic heterocycles. The van der Waals surface area contributed by atoms with Crippen molar-refractivity contribution in [2.24, 2.45) is 0 Å². The van der Waals surface area contributed by atoms with Gasteiger partial charge in [-0.15, -0.1) is 22.9 Å². The largest absolute Gasteiger partial charge is 0.490 e. The van der Waals surface area contributed by atoms with Gasteiger partial charge in [-0.3, -0.25) is 0 Å². The van der Waals surface area contributed by atoms with Crippen LogP contribution >= 0.6 is 34.5 Å². The molecule has 0 saturated heterocycles. The third-order valence-electron chi connectivity index (χ3n) is 2.46. The molecule has 0 radical (unpaired) electrons. The second-order valence-corrected chi connectivity index (χ2v) is 5.91. The monoisotopic (exact) mass is 316 g/mol. The lowest BCUT2D eigenvalue weighted by atomic mass is 10.2. The summed E-state index contributed by atoms with van der Waals surface area (Å²) in [7, 11) is 0. The smallest absolute Gasteiger partial charge is 0.161 e. The van der Waals surface area contributed by atoms with Gasteiger partial charge in [0.2, 0.25) is 0 Å². The molecule has 1 heterocycles. The van der Waals surface area contributed by atoms with Crippen molar-refractivity contribution in [3.05, 3.63) is 45.1 Å². The van der Waals surface area contributed by atoms with Crippen molar-refractivity contribution in [2.75, 3.05) is 6.61 Å². The van der Waals surface area contributed by atoms with Crippen LogP contribution in [0.1, 0.15) is 17.4 Å². The number of hydrogen-bond acceptors (Lipinski definition) is 3. The average Bonchev–Trinajstić information content (AvgIpc) is 2.83. The predicted molar refractivity (Wildman–Crippen MR) is 80.8 cm³/mol. The SMILES string of the molecule is CCOc1cc(CCl)ccc1OCc1ccc(Cl)s1. The number of rotatable bonds is 6. The van der Waals surface area contributed by atoms with E-state index in [4.69, 9.17) is 32.7 Å². The fourth-order valence-corrected chi connectivity index (χ4v) is 2.77. The summed E-state index contributed by atoms with van der Waals surface area (Å²) in [6, 6.07) is 9.56. The highest BCUT2D eigenvalue weighted by atomic mass is 35.5. The first-order valence-electron chi connectivity index (χ1n) is 5.91. The molecule has 0 aliphatic rings. The Morgan fingerprint density at radius 2 is 1.95 bits per heavy atom. The van der Waals surface area contributed by atoms with Crippen LogP contribution in [0.3, 0.4) is 0 Å². The minimum atomic E-state index is 0.459. The van der Waals surface area contributed by atoms with E-state index in [1.807, 2.05) is 37.3 Å². The van der Waals surface area contributed by atoms with Crippen molar-refractivity contribution in [1.29, 1.82) is 0 Å². The van der Waals surface area contributed by atoms with Crippen LogP contribution < -0.4 is 9.47 Å². The second-order valence-electron chi connectivity index (χ2n) is 3.84. The standard InChI is InChI=1S/C14H14Cl2O2S/c1-2-17-13-7-10(8-15)3-5-12(13)18-9-11-4-6-14(16)19-11/h3-7H,2,8-9H2,1H3. The molecule has 19 heavy (non-hydrogen) atoms. The lowest BCUT2D eigenvalue weighted by molar-refractivity contribution is 0.271. The number of alkyl halides is 1. The summed E-state index contributed by atoms with van der Waals surface area (Å²) >= 11 is 13.2. The fourth-order valence-electron chi connectivity index (χ4n) is 1.60. The molecular weight excluding hydrogens is 303 g/mol. The molecule has 2 aromatic rings. The highest BCUT2D eigenvalue weighted by molar-refractivity contribution is 7.16. The topological polar surface area (TPSA) is 18.5 Å². The van der Waals surface area contributed by atoms with E-state index in [-0.39, 0.29) is 0 Å². The van der Waals surface area contributed by atoms with E-state index in [9.17, 15) is 0 Å². The Hall–Kier alpha value is -0.900. The van der Waals surface area contributed by atoms with E-state index in [2.05, 4.69) is 0 Å². The van der Waals surface area contributed by atoms with Gasteiger partial charge in [-0.05, 0) is 36.8 Å². The van der Waals surface area contributed by atoms with Crippen LogP contribution in [-0.2, 0) is 12.5 Å². The summed E-state index contributed by atoms with van der Waals surface area (Å²) in [5.74, 6) is 1.91. The van der Waals surface area contributed by atoms with Crippen molar-refractivity contribution >= 4 is 34.5 Å². The van der Waals surface area contributed by atoms with Gasteiger partial charge < -0.3 is 9.47 Å². The molecule has 0 spiro atoms. The summed E-state index contributed by atoms with van der Waals surface area (Å²) in [6.07, 6.45) is 0. The van der Waals surface area contributed by atoms with E-state index in [0.29, 0.717) is 19.1 Å². The van der Waals surface area contributed by atoms with Gasteiger partial charge in [-0.2, -0.15) is 0 Å². The van der Waals surface area contributed by atoms with Crippen molar-refractivity contribution in [1.82, 2.24) is 0 Å². The average molecular weight is 317 g/mol. The predicted octanol–water partition coefficient (Wildman–Crippen LogP) is 5.12. The molecule has 0 atom stereocenters. The summed E-state index contributed by atoms with van der Waals surface area (Å²) in [5.41, 5.74) is 1.01. The zero-order valence-corrected chi connectivity index (χ0v) is 12.8. The third kappa shape index (κ3) is 4.03. The van der Waals surface area contributed by atoms with Gasteiger partial charge in [0.15, 0.2) is 11.5 Å². The maximum absolute atomic E-state index is 5.89. The highest BCUT2D eigenvalue weighted by Gasteiger charge is 2.07. The zero-order valence-electron chi connectivity index (χ0n) is 10.5. The Morgan fingerprint density at radius 1 is 1.11 bits per heavy atom. The molecule has 1 aromatic carbocycles. The molecule has 5 heteroatoms. The Balaban J connectivity index is 2.10. The van der Waals surface area contributed by atoms with Gasteiger partial charge in [0.25, 0.3) is 0 Å². The van der Waals surface area contributed by atoms with Crippen molar-refractivity contribution in [3.63, 3.8) is 0 Å². The first-order valence-corrected chi connectivity index (χ1v) is 7.64. The first-order chi connectivity index (χ1) is 9.22. The summed E-state index contributed by atoms with van der Waals surface area (Å²) in [6.45, 7) is 3.01. The molecule has 0 bridgehead atoms. The van der Waals surface area contributed by atoms with Gasteiger partial charge >= 0.3 is 0 Å². The second kappa shape index (κ2) is 7.04. The van der Waals surface area contributed by atoms with Gasteiger partial charge in [0, 0.05) is 10.8 Å². The highest BCUT2D eigenvalue weighted by Crippen LogP contribution is 2.31. The van der Waals surface area contributed by atoms with Crippen LogP contribution in [0.25, 0.3) is 0 Å². The molecular formula is C14H14Cl2O2S. The van der Waals surface area contributed by atoms with E-state index in [1.165, 1.54) is 11.3 Å². The van der Waals surface area contributed by atoms with E-state index in [1.54, 1.807) is 0 Å². The Kier molecular flexibility index (Phi) is 5.37. The number of benzene rings is 1. The van der Waals surface area contributed by atoms with Gasteiger partial charge in [0.1, 0.15) is 6.61 Å². The maximum Gasteiger partial charge on any atom is 0.161 e. The van der Waals surface area contributed by atoms with Crippen LogP contribution in [0.4, 0.5) is 0 Å². The first kappa shape index (κ1) is 14.5. The van der Waals surface area contributed by atoms with Crippen molar-refractivity contribution < 1.29 is 9.47 Å². The minimum absolute atomic E-state index is 0.459. The zero-order chi connectivity index (χ0) is 13.7. The normalized spacial score (nSPS) is 10.5. The van der Waals surface area contributed by atoms with Gasteiger partial charge in [0.05, 0.1) is 10.9 Å². The lowest BCUT2D eigenvalue weighted by Gasteiger charge is -2.12. The number of halogens is 2. The lowest BCUT2D eigenvalue weighted by Crippen LogP contribution is -1.99. The van der Waals surface area contributed by atoms with Gasteiger partial charge in [-0.1, -0.05) is 17.7 Å². The molecule has 0 aliphatic carbocycles. The molecule has 0 saturated carbocycles. The maximum atomic E-state index is 5.89. The number of hydrogen-bond donors (Lipinski definition) is 0. The van der Waals surface area contributed by atoms with Crippen LogP contribution in [-0.4, -0.2) is 6.61 Å². The van der Waals surface area contributed by atoms with E-state index in [0.717, 1.165) is 26.3 Å². The fraction of sp³-hybridized carbons (Fsp3) is 0.286. The summed E-state index contributed by atoms with van der Waals surface area (Å²) in [5, 5.41) is 0. The van der Waals surface area contributed by atoms with E-state index < -0.39 is 0 Å². The van der Waals surface area contributed by atoms with Gasteiger partial charge in [-0.25, -0.2) is 0 Å². The van der Waals surface area contributed by atoms with Crippen LogP contribution in [0.15, 0.2) is 30.3 Å². The van der Waals surface area contributed by atoms with Crippen LogP contribution in [0.2, 0.25) is 4.34 Å². The number of ether oxygens (including phenoxy) is 2. The quantitative estimate of drug-likeness (QED) is 0.689. The molecule has 0 amide bonds. The Labute approximate surface area is 126 Å². The number of thiophene rings is 1. The molecule has 2 nitrogen and oxygen atoms in total. The van der Waals surface area contributed by atoms with Crippen LogP contribution in [0, 0.1) is 0 Å². The van der Waals surface area contributed by atoms with E-state index >= 15 is 0 Å². The molecule has 1 aromatic heterocycles. The van der Waals surface area contributed by atoms with Crippen LogP contribution in [0.5, 0.6) is 11.5 Å². The molecule has 2 rings (SSSR count). The molecule has 0 N–H and O–H groups in total. The molecule has 0 unspecified atom stereocenters. The summed E-state index contributed by atoms with van der Waals surface area (Å²) < 4.78 is 12.1. The Morgan fingerprint density at radius 3 is 2.58 bits per heavy atom. The van der Waals surface area contributed by atoms with Crippen molar-refractivity contribution in [2.45, 2.75) is 19.4 Å². The minimum Gasteiger partial charge on any atom is -0.490 e. The third-order valence-corrected chi connectivity index (χ3v) is 3.97. The Bertz CT molecular complexity index is 540. The molecule has 0 fully saturated rings. The van der Waals surface area contributed by atoms with Crippen molar-refractivity contribution in [3.8, 4) is 11.5 Å².